The van der Waals surface area contributed by atoms with Crippen LogP contribution in [0.3, 0.4) is 0 Å². The fraction of sp³-hybridized carbons (Fsp3) is 0.548. The quantitative estimate of drug-likeness (QED) is 0.384. The zero-order valence-corrected chi connectivity index (χ0v) is 25.5. The van der Waals surface area contributed by atoms with Crippen molar-refractivity contribution in [3.63, 3.8) is 0 Å². The number of nitrogen functional groups attached to an aromatic ring is 1. The van der Waals surface area contributed by atoms with Crippen LogP contribution in [0.4, 0.5) is 10.9 Å². The Bertz CT molecular complexity index is 1250. The molecule has 1 aliphatic heterocycles. The number of ether oxygens (including phenoxy) is 1. The van der Waals surface area contributed by atoms with E-state index in [1.165, 1.54) is 11.1 Å². The van der Waals surface area contributed by atoms with E-state index in [4.69, 9.17) is 15.5 Å². The van der Waals surface area contributed by atoms with Gasteiger partial charge >= 0.3 is 0 Å². The molecule has 0 aliphatic carbocycles. The van der Waals surface area contributed by atoms with Crippen LogP contribution in [0.1, 0.15) is 79.0 Å². The van der Waals surface area contributed by atoms with Gasteiger partial charge in [-0.05, 0) is 49.3 Å². The third-order valence-corrected chi connectivity index (χ3v) is 8.35. The summed E-state index contributed by atoms with van der Waals surface area (Å²) in [5.74, 6) is 1.41. The Balaban J connectivity index is 1.52. The third kappa shape index (κ3) is 6.32. The number of hydrogen-bond acceptors (Lipinski definition) is 7. The van der Waals surface area contributed by atoms with Gasteiger partial charge in [0.1, 0.15) is 18.2 Å². The molecule has 1 saturated heterocycles. The molecule has 0 unspecified atom stereocenters. The molecule has 0 atom stereocenters. The number of benzene rings is 1. The van der Waals surface area contributed by atoms with Crippen LogP contribution in [0.15, 0.2) is 36.7 Å². The normalized spacial score (nSPS) is 15.7. The maximum absolute atomic E-state index is 6.45. The van der Waals surface area contributed by atoms with Gasteiger partial charge < -0.3 is 15.4 Å². The first-order valence-electron chi connectivity index (χ1n) is 13.6. The molecule has 3 heterocycles. The Hall–Kier alpha value is -2.64. The van der Waals surface area contributed by atoms with Gasteiger partial charge in [-0.15, -0.1) is 0 Å². The van der Waals surface area contributed by atoms with Gasteiger partial charge in [0.15, 0.2) is 5.13 Å². The predicted molar refractivity (Wildman–Crippen MR) is 161 cm³/mol. The second kappa shape index (κ2) is 10.5. The zero-order valence-electron chi connectivity index (χ0n) is 24.7. The van der Waals surface area contributed by atoms with Crippen molar-refractivity contribution in [1.29, 1.82) is 0 Å². The Morgan fingerprint density at radius 3 is 2.18 bits per heavy atom. The minimum Gasteiger partial charge on any atom is -0.488 e. The summed E-state index contributed by atoms with van der Waals surface area (Å²) in [6.45, 7) is 24.8. The van der Waals surface area contributed by atoms with E-state index in [1.54, 1.807) is 11.3 Å². The van der Waals surface area contributed by atoms with Crippen LogP contribution in [-0.4, -0.2) is 46.6 Å². The van der Waals surface area contributed by atoms with E-state index in [2.05, 4.69) is 101 Å². The van der Waals surface area contributed by atoms with Gasteiger partial charge in [0.2, 0.25) is 0 Å². The van der Waals surface area contributed by atoms with E-state index in [9.17, 15) is 0 Å². The Labute approximate surface area is 233 Å². The minimum absolute atomic E-state index is 0.0196. The van der Waals surface area contributed by atoms with Gasteiger partial charge in [0.25, 0.3) is 0 Å². The average Bonchev–Trinajstić information content (AvgIpc) is 3.32. The van der Waals surface area contributed by atoms with E-state index in [1.807, 2.05) is 12.4 Å². The van der Waals surface area contributed by atoms with Crippen molar-refractivity contribution in [2.24, 2.45) is 0 Å². The number of nitrogens with two attached hydrogens (primary N) is 1. The molecule has 2 aromatic heterocycles. The van der Waals surface area contributed by atoms with E-state index < -0.39 is 0 Å². The van der Waals surface area contributed by atoms with Crippen molar-refractivity contribution in [2.45, 2.75) is 85.3 Å². The smallest absolute Gasteiger partial charge is 0.185 e. The first-order valence-corrected chi connectivity index (χ1v) is 14.4. The molecule has 0 saturated carbocycles. The van der Waals surface area contributed by atoms with Crippen LogP contribution in [0.5, 0.6) is 5.75 Å². The molecule has 7 heteroatoms. The number of hydrogen-bond donors (Lipinski definition) is 1. The molecule has 4 rings (SSSR count). The van der Waals surface area contributed by atoms with Gasteiger partial charge in [-0.1, -0.05) is 65.0 Å². The molecule has 1 aliphatic rings. The largest absolute Gasteiger partial charge is 0.488 e. The maximum Gasteiger partial charge on any atom is 0.185 e. The molecule has 0 bridgehead atoms. The number of rotatable bonds is 5. The molecule has 0 radical (unpaired) electrons. The fourth-order valence-electron chi connectivity index (χ4n) is 5.09. The van der Waals surface area contributed by atoms with Gasteiger partial charge in [-0.3, -0.25) is 4.90 Å². The molecule has 6 nitrogen and oxygen atoms in total. The SMILES string of the molecule is CC(C)(C)c1cccc(OCc2cc(-c3cnc(N4CCN(C(C)(C)C)CC4)s3)cnc2N)c1C(C)(C)C. The summed E-state index contributed by atoms with van der Waals surface area (Å²) in [7, 11) is 0. The monoisotopic (exact) mass is 535 g/mol. The number of aromatic nitrogens is 2. The van der Waals surface area contributed by atoms with E-state index >= 15 is 0 Å². The average molecular weight is 536 g/mol. The van der Waals surface area contributed by atoms with Crippen LogP contribution in [-0.2, 0) is 17.4 Å². The number of anilines is 2. The summed E-state index contributed by atoms with van der Waals surface area (Å²) in [6, 6.07) is 8.47. The van der Waals surface area contributed by atoms with Gasteiger partial charge in [-0.25, -0.2) is 9.97 Å². The number of nitrogens with zero attached hydrogens (tertiary/aromatic N) is 4. The van der Waals surface area contributed by atoms with Gasteiger partial charge in [0.05, 0.1) is 4.88 Å². The Kier molecular flexibility index (Phi) is 7.84. The highest BCUT2D eigenvalue weighted by molar-refractivity contribution is 7.18. The van der Waals surface area contributed by atoms with Crippen LogP contribution in [0.25, 0.3) is 10.4 Å². The third-order valence-electron chi connectivity index (χ3n) is 7.25. The second-order valence-electron chi connectivity index (χ2n) is 13.4. The van der Waals surface area contributed by atoms with E-state index in [-0.39, 0.29) is 16.4 Å². The predicted octanol–water partition coefficient (Wildman–Crippen LogP) is 6.88. The van der Waals surface area contributed by atoms with Crippen molar-refractivity contribution < 1.29 is 4.74 Å². The van der Waals surface area contributed by atoms with Gasteiger partial charge in [-0.2, -0.15) is 0 Å². The molecular weight excluding hydrogens is 490 g/mol. The van der Waals surface area contributed by atoms with Crippen LogP contribution < -0.4 is 15.4 Å². The van der Waals surface area contributed by atoms with Crippen molar-refractivity contribution >= 4 is 22.3 Å². The summed E-state index contributed by atoms with van der Waals surface area (Å²) >= 11 is 1.72. The summed E-state index contributed by atoms with van der Waals surface area (Å²) in [5.41, 5.74) is 10.9. The highest BCUT2D eigenvalue weighted by Crippen LogP contribution is 2.40. The standard InChI is InChI=1S/C31H45N5OS/c1-29(2,3)23-11-10-12-24(26(23)30(4,5)6)37-20-22-17-21(18-33-27(22)32)25-19-34-28(38-25)35-13-15-36(16-14-35)31(7,8)9/h10-12,17-19H,13-16,20H2,1-9H3,(H2,32,33). The number of thiazole rings is 1. The molecule has 2 N–H and O–H groups in total. The van der Waals surface area contributed by atoms with E-state index in [0.29, 0.717) is 12.4 Å². The summed E-state index contributed by atoms with van der Waals surface area (Å²) < 4.78 is 6.45. The maximum atomic E-state index is 6.45. The minimum atomic E-state index is -0.0533. The Morgan fingerprint density at radius 2 is 1.58 bits per heavy atom. The van der Waals surface area contributed by atoms with Crippen LogP contribution >= 0.6 is 11.3 Å². The highest BCUT2D eigenvalue weighted by atomic mass is 32.1. The number of piperazine rings is 1. The highest BCUT2D eigenvalue weighted by Gasteiger charge is 2.29. The van der Waals surface area contributed by atoms with Crippen LogP contribution in [0.2, 0.25) is 0 Å². The molecule has 0 spiro atoms. The molecule has 206 valence electrons. The topological polar surface area (TPSA) is 67.5 Å². The molecule has 1 aromatic carbocycles. The molecular formula is C31H45N5OS. The lowest BCUT2D eigenvalue weighted by Crippen LogP contribution is -2.53. The zero-order chi connectivity index (χ0) is 27.9. The molecule has 3 aromatic rings. The molecule has 38 heavy (non-hydrogen) atoms. The lowest BCUT2D eigenvalue weighted by atomic mass is 9.75. The fourth-order valence-corrected chi connectivity index (χ4v) is 6.04. The van der Waals surface area contributed by atoms with Crippen molar-refractivity contribution in [3.05, 3.63) is 53.3 Å². The first-order chi connectivity index (χ1) is 17.6. The Morgan fingerprint density at radius 1 is 0.895 bits per heavy atom. The van der Waals surface area contributed by atoms with Crippen molar-refractivity contribution in [3.8, 4) is 16.2 Å². The number of pyridine rings is 1. The van der Waals surface area contributed by atoms with Crippen molar-refractivity contribution in [2.75, 3.05) is 36.8 Å². The lowest BCUT2D eigenvalue weighted by molar-refractivity contribution is 0.128. The second-order valence-corrected chi connectivity index (χ2v) is 14.4. The van der Waals surface area contributed by atoms with Gasteiger partial charge in [0, 0.05) is 60.8 Å². The summed E-state index contributed by atoms with van der Waals surface area (Å²) in [5, 5.41) is 1.07. The first kappa shape index (κ1) is 28.4. The van der Waals surface area contributed by atoms with E-state index in [0.717, 1.165) is 53.1 Å². The molecule has 1 fully saturated rings. The summed E-state index contributed by atoms with van der Waals surface area (Å²) in [4.78, 5) is 15.3. The molecule has 0 amide bonds. The van der Waals surface area contributed by atoms with Crippen molar-refractivity contribution in [1.82, 2.24) is 14.9 Å². The summed E-state index contributed by atoms with van der Waals surface area (Å²) in [6.07, 6.45) is 3.80. The lowest BCUT2D eigenvalue weighted by Gasteiger charge is -2.42. The van der Waals surface area contributed by atoms with Crippen LogP contribution in [0, 0.1) is 0 Å².